The van der Waals surface area contributed by atoms with Crippen LogP contribution in [0.25, 0.3) is 5.69 Å². The molecule has 0 saturated carbocycles. The first-order valence-corrected chi connectivity index (χ1v) is 10.4. The molecule has 0 bridgehead atoms. The highest BCUT2D eigenvalue weighted by Gasteiger charge is 2.35. The number of amides is 1. The lowest BCUT2D eigenvalue weighted by molar-refractivity contribution is -0.147. The van der Waals surface area contributed by atoms with Gasteiger partial charge in [0.25, 0.3) is 5.91 Å². The molecule has 28 heavy (non-hydrogen) atoms. The average Bonchev–Trinajstić information content (AvgIpc) is 2.69. The quantitative estimate of drug-likeness (QED) is 0.704. The molecule has 2 aromatic rings. The number of ether oxygens (including phenoxy) is 1. The predicted octanol–water partition coefficient (Wildman–Crippen LogP) is 2.32. The van der Waals surface area contributed by atoms with Crippen molar-refractivity contribution in [3.05, 3.63) is 57.0 Å². The minimum atomic E-state index is -0.724. The summed E-state index contributed by atoms with van der Waals surface area (Å²) >= 11 is 7.50. The zero-order valence-corrected chi connectivity index (χ0v) is 17.1. The van der Waals surface area contributed by atoms with Gasteiger partial charge in [-0.05, 0) is 38.1 Å². The second-order valence-electron chi connectivity index (χ2n) is 6.23. The molecule has 1 fully saturated rings. The molecule has 3 rings (SSSR count). The Labute approximate surface area is 171 Å². The van der Waals surface area contributed by atoms with Crippen LogP contribution in [-0.2, 0) is 9.53 Å². The normalized spacial score (nSPS) is 16.7. The summed E-state index contributed by atoms with van der Waals surface area (Å²) in [5.41, 5.74) is 0.558. The average molecular weight is 422 g/mol. The molecule has 0 spiro atoms. The molecule has 1 unspecified atom stereocenters. The van der Waals surface area contributed by atoms with E-state index in [9.17, 15) is 14.4 Å². The molecule has 1 aromatic carbocycles. The van der Waals surface area contributed by atoms with E-state index in [1.54, 1.807) is 49.9 Å². The third-order valence-corrected chi connectivity index (χ3v) is 5.60. The maximum atomic E-state index is 13.1. The number of aromatic nitrogens is 2. The zero-order valence-electron chi connectivity index (χ0n) is 15.6. The number of hydrogen-bond acceptors (Lipinski definition) is 6. The Balaban J connectivity index is 1.98. The van der Waals surface area contributed by atoms with E-state index in [4.69, 9.17) is 16.3 Å². The van der Waals surface area contributed by atoms with Crippen molar-refractivity contribution in [1.29, 1.82) is 0 Å². The number of esters is 1. The van der Waals surface area contributed by atoms with Crippen molar-refractivity contribution in [3.8, 4) is 5.69 Å². The van der Waals surface area contributed by atoms with Crippen molar-refractivity contribution >= 4 is 35.2 Å². The summed E-state index contributed by atoms with van der Waals surface area (Å²) in [7, 11) is 0. The van der Waals surface area contributed by atoms with Crippen LogP contribution in [0, 0.1) is 6.92 Å². The number of hydrogen-bond donors (Lipinski definition) is 0. The van der Waals surface area contributed by atoms with E-state index < -0.39 is 23.3 Å². The molecule has 0 radical (unpaired) electrons. The number of halogens is 1. The maximum absolute atomic E-state index is 13.1. The van der Waals surface area contributed by atoms with Gasteiger partial charge < -0.3 is 9.64 Å². The number of thioether (sulfide) groups is 1. The molecule has 1 aromatic heterocycles. The highest BCUT2D eigenvalue weighted by Crippen LogP contribution is 2.20. The highest BCUT2D eigenvalue weighted by molar-refractivity contribution is 7.99. The second kappa shape index (κ2) is 8.79. The zero-order chi connectivity index (χ0) is 20.3. The summed E-state index contributed by atoms with van der Waals surface area (Å²) in [6.07, 6.45) is 0. The van der Waals surface area contributed by atoms with Gasteiger partial charge in [0.05, 0.1) is 12.3 Å². The fraction of sp³-hybridized carbons (Fsp3) is 0.368. The monoisotopic (exact) mass is 421 g/mol. The number of carbonyl (C=O) groups is 2. The molecule has 7 nitrogen and oxygen atoms in total. The van der Waals surface area contributed by atoms with Gasteiger partial charge in [0.2, 0.25) is 5.43 Å². The number of aryl methyl sites for hydroxylation is 1. The van der Waals surface area contributed by atoms with Crippen LogP contribution in [0.5, 0.6) is 0 Å². The van der Waals surface area contributed by atoms with Crippen LogP contribution in [-0.4, -0.2) is 57.3 Å². The Morgan fingerprint density at radius 3 is 2.71 bits per heavy atom. The van der Waals surface area contributed by atoms with Crippen LogP contribution in [0.2, 0.25) is 5.02 Å². The lowest BCUT2D eigenvalue weighted by Gasteiger charge is -2.33. The van der Waals surface area contributed by atoms with E-state index in [1.165, 1.54) is 15.6 Å². The molecule has 2 heterocycles. The van der Waals surface area contributed by atoms with Crippen LogP contribution in [0.3, 0.4) is 0 Å². The van der Waals surface area contributed by atoms with Gasteiger partial charge in [0.15, 0.2) is 5.69 Å². The van der Waals surface area contributed by atoms with Gasteiger partial charge in [0, 0.05) is 34.8 Å². The standard InChI is InChI=1S/C19H20ClN3O4S/c1-3-27-19(26)15-11-28-9-8-22(15)18(25)17-16(24)10-12(2)23(21-17)14-6-4-13(20)5-7-14/h4-7,10,15H,3,8-9,11H2,1-2H3. The lowest BCUT2D eigenvalue weighted by Crippen LogP contribution is -2.52. The molecular formula is C19H20ClN3O4S. The first-order chi connectivity index (χ1) is 13.4. The summed E-state index contributed by atoms with van der Waals surface area (Å²) in [5.74, 6) is 0.0833. The number of nitrogens with zero attached hydrogens (tertiary/aromatic N) is 3. The molecule has 148 valence electrons. The fourth-order valence-electron chi connectivity index (χ4n) is 2.96. The SMILES string of the molecule is CCOC(=O)C1CSCCN1C(=O)c1nn(-c2ccc(Cl)cc2)c(C)cc1=O. The van der Waals surface area contributed by atoms with Gasteiger partial charge in [0.1, 0.15) is 6.04 Å². The number of benzene rings is 1. The van der Waals surface area contributed by atoms with Crippen LogP contribution in [0.4, 0.5) is 0 Å². The third-order valence-electron chi connectivity index (χ3n) is 4.33. The first-order valence-electron chi connectivity index (χ1n) is 8.84. The molecule has 9 heteroatoms. The summed E-state index contributed by atoms with van der Waals surface area (Å²) in [5, 5.41) is 4.87. The van der Waals surface area contributed by atoms with E-state index in [1.807, 2.05) is 0 Å². The maximum Gasteiger partial charge on any atom is 0.329 e. The Hall–Kier alpha value is -2.32. The van der Waals surface area contributed by atoms with Gasteiger partial charge >= 0.3 is 5.97 Å². The van der Waals surface area contributed by atoms with E-state index in [0.717, 1.165) is 0 Å². The predicted molar refractivity (Wildman–Crippen MR) is 108 cm³/mol. The smallest absolute Gasteiger partial charge is 0.329 e. The topological polar surface area (TPSA) is 81.5 Å². The van der Waals surface area contributed by atoms with Crippen LogP contribution in [0.1, 0.15) is 23.1 Å². The van der Waals surface area contributed by atoms with Crippen LogP contribution >= 0.6 is 23.4 Å². The van der Waals surface area contributed by atoms with E-state index in [0.29, 0.717) is 34.5 Å². The van der Waals surface area contributed by atoms with Crippen molar-refractivity contribution < 1.29 is 14.3 Å². The largest absolute Gasteiger partial charge is 0.464 e. The minimum Gasteiger partial charge on any atom is -0.464 e. The summed E-state index contributed by atoms with van der Waals surface area (Å²) in [4.78, 5) is 39.2. The summed E-state index contributed by atoms with van der Waals surface area (Å²) < 4.78 is 6.61. The molecule has 0 aliphatic carbocycles. The van der Waals surface area contributed by atoms with Crippen LogP contribution in [0.15, 0.2) is 35.1 Å². The Morgan fingerprint density at radius 1 is 1.32 bits per heavy atom. The Bertz CT molecular complexity index is 945. The van der Waals surface area contributed by atoms with Crippen molar-refractivity contribution in [2.75, 3.05) is 24.7 Å². The van der Waals surface area contributed by atoms with Gasteiger partial charge in [-0.3, -0.25) is 9.59 Å². The Kier molecular flexibility index (Phi) is 6.41. The number of carbonyl (C=O) groups excluding carboxylic acids is 2. The van der Waals surface area contributed by atoms with Gasteiger partial charge in [-0.2, -0.15) is 16.9 Å². The molecule has 1 aliphatic rings. The van der Waals surface area contributed by atoms with E-state index in [-0.39, 0.29) is 12.3 Å². The summed E-state index contributed by atoms with van der Waals surface area (Å²) in [6.45, 7) is 4.03. The number of rotatable bonds is 4. The first kappa shape index (κ1) is 20.4. The van der Waals surface area contributed by atoms with Crippen molar-refractivity contribution in [1.82, 2.24) is 14.7 Å². The fourth-order valence-corrected chi connectivity index (χ4v) is 4.11. The van der Waals surface area contributed by atoms with Gasteiger partial charge in [-0.25, -0.2) is 9.48 Å². The van der Waals surface area contributed by atoms with E-state index in [2.05, 4.69) is 5.10 Å². The summed E-state index contributed by atoms with van der Waals surface area (Å²) in [6, 6.07) is 7.55. The van der Waals surface area contributed by atoms with Gasteiger partial charge in [-0.15, -0.1) is 0 Å². The lowest BCUT2D eigenvalue weighted by atomic mass is 10.2. The van der Waals surface area contributed by atoms with Crippen LogP contribution < -0.4 is 5.43 Å². The minimum absolute atomic E-state index is 0.221. The molecule has 1 amide bonds. The van der Waals surface area contributed by atoms with Crippen molar-refractivity contribution in [2.45, 2.75) is 19.9 Å². The van der Waals surface area contributed by atoms with Gasteiger partial charge in [-0.1, -0.05) is 11.6 Å². The second-order valence-corrected chi connectivity index (χ2v) is 7.81. The van der Waals surface area contributed by atoms with Crippen molar-refractivity contribution in [3.63, 3.8) is 0 Å². The Morgan fingerprint density at radius 2 is 2.04 bits per heavy atom. The molecule has 0 N–H and O–H groups in total. The van der Waals surface area contributed by atoms with Crippen molar-refractivity contribution in [2.24, 2.45) is 0 Å². The molecule has 1 saturated heterocycles. The highest BCUT2D eigenvalue weighted by atomic mass is 35.5. The molecular weight excluding hydrogens is 402 g/mol. The van der Waals surface area contributed by atoms with E-state index >= 15 is 0 Å². The molecule has 1 aliphatic heterocycles. The third kappa shape index (κ3) is 4.23. The molecule has 1 atom stereocenters.